The molecule has 0 aromatic heterocycles. The van der Waals surface area contributed by atoms with Gasteiger partial charge >= 0.3 is 0 Å². The average Bonchev–Trinajstić information content (AvgIpc) is 2.91. The van der Waals surface area contributed by atoms with Crippen LogP contribution in [0.2, 0.25) is 5.02 Å². The fourth-order valence-electron chi connectivity index (χ4n) is 2.78. The molecule has 1 fully saturated rings. The minimum atomic E-state index is -3.82. The maximum Gasteiger partial charge on any atom is 0.245 e. The van der Waals surface area contributed by atoms with E-state index in [4.69, 9.17) is 11.6 Å². The number of nitrogens with zero attached hydrogens (tertiary/aromatic N) is 1. The number of carbonyl (C=O) groups excluding carboxylic acids is 1. The summed E-state index contributed by atoms with van der Waals surface area (Å²) in [6, 6.07) is 13.1. The SMILES string of the molecule is Cc1c(Cl)cccc1S(=O)(=O)NC1CCN(c2ccccc2)C1=O. The molecule has 3 rings (SSSR count). The molecule has 0 bridgehead atoms. The van der Waals surface area contributed by atoms with Crippen LogP contribution in [-0.2, 0) is 14.8 Å². The second-order valence-electron chi connectivity index (χ2n) is 5.65. The monoisotopic (exact) mass is 364 g/mol. The number of anilines is 1. The zero-order chi connectivity index (χ0) is 17.3. The predicted molar refractivity (Wildman–Crippen MR) is 93.7 cm³/mol. The van der Waals surface area contributed by atoms with Crippen LogP contribution < -0.4 is 9.62 Å². The van der Waals surface area contributed by atoms with Crippen LogP contribution in [0.15, 0.2) is 53.4 Å². The van der Waals surface area contributed by atoms with E-state index in [9.17, 15) is 13.2 Å². The third kappa shape index (κ3) is 3.17. The van der Waals surface area contributed by atoms with Gasteiger partial charge in [0.1, 0.15) is 6.04 Å². The van der Waals surface area contributed by atoms with Crippen molar-refractivity contribution in [2.45, 2.75) is 24.3 Å². The Morgan fingerprint density at radius 2 is 1.83 bits per heavy atom. The number of halogens is 1. The molecule has 0 aliphatic carbocycles. The molecule has 0 saturated carbocycles. The summed E-state index contributed by atoms with van der Waals surface area (Å²) in [5.41, 5.74) is 1.24. The van der Waals surface area contributed by atoms with Crippen molar-refractivity contribution in [1.82, 2.24) is 4.72 Å². The van der Waals surface area contributed by atoms with Gasteiger partial charge in [-0.05, 0) is 43.2 Å². The first-order chi connectivity index (χ1) is 11.4. The van der Waals surface area contributed by atoms with E-state index in [2.05, 4.69) is 4.72 Å². The molecule has 0 spiro atoms. The first kappa shape index (κ1) is 17.0. The number of sulfonamides is 1. The summed E-state index contributed by atoms with van der Waals surface area (Å²) < 4.78 is 27.7. The second-order valence-corrected chi connectivity index (χ2v) is 7.74. The molecule has 1 atom stereocenters. The van der Waals surface area contributed by atoms with Crippen LogP contribution in [0.4, 0.5) is 5.69 Å². The zero-order valence-corrected chi connectivity index (χ0v) is 14.6. The minimum absolute atomic E-state index is 0.0981. The van der Waals surface area contributed by atoms with Gasteiger partial charge < -0.3 is 4.90 Å². The van der Waals surface area contributed by atoms with Crippen molar-refractivity contribution < 1.29 is 13.2 Å². The van der Waals surface area contributed by atoms with Crippen molar-refractivity contribution in [3.63, 3.8) is 0 Å². The molecule has 1 aliphatic rings. The normalized spacial score (nSPS) is 18.2. The molecule has 0 radical (unpaired) electrons. The molecule has 2 aromatic carbocycles. The summed E-state index contributed by atoms with van der Waals surface area (Å²) in [5.74, 6) is -0.246. The number of para-hydroxylation sites is 1. The van der Waals surface area contributed by atoms with Crippen molar-refractivity contribution in [1.29, 1.82) is 0 Å². The topological polar surface area (TPSA) is 66.5 Å². The van der Waals surface area contributed by atoms with E-state index in [1.807, 2.05) is 30.3 Å². The van der Waals surface area contributed by atoms with Crippen LogP contribution in [0, 0.1) is 6.92 Å². The van der Waals surface area contributed by atoms with E-state index in [1.165, 1.54) is 6.07 Å². The lowest BCUT2D eigenvalue weighted by Crippen LogP contribution is -2.41. The van der Waals surface area contributed by atoms with Crippen LogP contribution in [-0.4, -0.2) is 26.9 Å². The van der Waals surface area contributed by atoms with Gasteiger partial charge in [-0.2, -0.15) is 4.72 Å². The van der Waals surface area contributed by atoms with Gasteiger partial charge in [-0.3, -0.25) is 4.79 Å². The van der Waals surface area contributed by atoms with Gasteiger partial charge in [0.2, 0.25) is 15.9 Å². The van der Waals surface area contributed by atoms with Crippen LogP contribution >= 0.6 is 11.6 Å². The van der Waals surface area contributed by atoms with Crippen LogP contribution in [0.25, 0.3) is 0 Å². The van der Waals surface area contributed by atoms with E-state index in [-0.39, 0.29) is 10.8 Å². The Balaban J connectivity index is 1.82. The third-order valence-corrected chi connectivity index (χ3v) is 6.10. The van der Waals surface area contributed by atoms with Crippen molar-refractivity contribution in [3.05, 3.63) is 59.1 Å². The standard InChI is InChI=1S/C17H17ClN2O3S/c1-12-14(18)8-5-9-16(12)24(22,23)19-15-10-11-20(17(15)21)13-6-3-2-4-7-13/h2-9,15,19H,10-11H2,1H3. The Kier molecular flexibility index (Phi) is 4.62. The van der Waals surface area contributed by atoms with E-state index in [0.717, 1.165) is 5.69 Å². The van der Waals surface area contributed by atoms with Crippen LogP contribution in [0.5, 0.6) is 0 Å². The van der Waals surface area contributed by atoms with Gasteiger partial charge in [-0.1, -0.05) is 35.9 Å². The van der Waals surface area contributed by atoms with Gasteiger partial charge in [0, 0.05) is 17.3 Å². The maximum atomic E-state index is 12.6. The molecule has 1 heterocycles. The molecule has 1 aliphatic heterocycles. The highest BCUT2D eigenvalue weighted by Gasteiger charge is 2.36. The molecular formula is C17H17ClN2O3S. The number of amides is 1. The van der Waals surface area contributed by atoms with Crippen molar-refractivity contribution in [3.8, 4) is 0 Å². The second kappa shape index (κ2) is 6.55. The summed E-state index contributed by atoms with van der Waals surface area (Å²) in [5, 5.41) is 0.376. The average molecular weight is 365 g/mol. The van der Waals surface area contributed by atoms with Gasteiger partial charge in [0.15, 0.2) is 0 Å². The van der Waals surface area contributed by atoms with Gasteiger partial charge in [-0.25, -0.2) is 8.42 Å². The predicted octanol–water partition coefficient (Wildman–Crippen LogP) is 2.73. The minimum Gasteiger partial charge on any atom is -0.311 e. The van der Waals surface area contributed by atoms with Crippen molar-refractivity contribution in [2.75, 3.05) is 11.4 Å². The summed E-state index contributed by atoms with van der Waals surface area (Å²) in [4.78, 5) is 14.2. The van der Waals surface area contributed by atoms with Crippen LogP contribution in [0.1, 0.15) is 12.0 Å². The van der Waals surface area contributed by atoms with E-state index < -0.39 is 16.1 Å². The maximum absolute atomic E-state index is 12.6. The highest BCUT2D eigenvalue weighted by atomic mass is 35.5. The molecule has 24 heavy (non-hydrogen) atoms. The first-order valence-electron chi connectivity index (χ1n) is 7.54. The first-order valence-corrected chi connectivity index (χ1v) is 9.40. The molecule has 1 unspecified atom stereocenters. The Morgan fingerprint density at radius 3 is 2.54 bits per heavy atom. The molecule has 126 valence electrons. The highest BCUT2D eigenvalue weighted by Crippen LogP contribution is 2.25. The molecule has 7 heteroatoms. The summed E-state index contributed by atoms with van der Waals surface area (Å²) in [6.07, 6.45) is 0.423. The molecule has 2 aromatic rings. The molecular weight excluding hydrogens is 348 g/mol. The molecule has 1 amide bonds. The quantitative estimate of drug-likeness (QED) is 0.907. The fraction of sp³-hybridized carbons (Fsp3) is 0.235. The van der Waals surface area contributed by atoms with Crippen molar-refractivity contribution >= 4 is 33.2 Å². The Morgan fingerprint density at radius 1 is 1.12 bits per heavy atom. The van der Waals surface area contributed by atoms with Gasteiger partial charge in [0.05, 0.1) is 4.90 Å². The lowest BCUT2D eigenvalue weighted by molar-refractivity contribution is -0.118. The van der Waals surface area contributed by atoms with E-state index in [1.54, 1.807) is 24.0 Å². The summed E-state index contributed by atoms with van der Waals surface area (Å²) >= 11 is 6.00. The lowest BCUT2D eigenvalue weighted by atomic mass is 10.2. The molecule has 1 N–H and O–H groups in total. The van der Waals surface area contributed by atoms with Crippen LogP contribution in [0.3, 0.4) is 0 Å². The summed E-state index contributed by atoms with van der Waals surface area (Å²) in [6.45, 7) is 2.12. The number of nitrogens with one attached hydrogen (secondary N) is 1. The smallest absolute Gasteiger partial charge is 0.245 e. The number of hydrogen-bond acceptors (Lipinski definition) is 3. The fourth-order valence-corrected chi connectivity index (χ4v) is 4.50. The zero-order valence-electron chi connectivity index (χ0n) is 13.1. The number of rotatable bonds is 4. The largest absolute Gasteiger partial charge is 0.311 e. The highest BCUT2D eigenvalue weighted by molar-refractivity contribution is 7.89. The lowest BCUT2D eigenvalue weighted by Gasteiger charge is -2.17. The third-order valence-electron chi connectivity index (χ3n) is 4.08. The number of benzene rings is 2. The molecule has 5 nitrogen and oxygen atoms in total. The number of carbonyl (C=O) groups is 1. The van der Waals surface area contributed by atoms with Gasteiger partial charge in [0.25, 0.3) is 0 Å². The Hall–Kier alpha value is -1.89. The van der Waals surface area contributed by atoms with Gasteiger partial charge in [-0.15, -0.1) is 0 Å². The number of hydrogen-bond donors (Lipinski definition) is 1. The Bertz CT molecular complexity index is 869. The van der Waals surface area contributed by atoms with Crippen molar-refractivity contribution in [2.24, 2.45) is 0 Å². The molecule has 1 saturated heterocycles. The Labute approximate surface area is 146 Å². The summed E-state index contributed by atoms with van der Waals surface area (Å²) in [7, 11) is -3.82. The van der Waals surface area contributed by atoms with E-state index in [0.29, 0.717) is 23.6 Å². The van der Waals surface area contributed by atoms with E-state index >= 15 is 0 Å².